The van der Waals surface area contributed by atoms with Gasteiger partial charge in [-0.05, 0) is 30.3 Å². The summed E-state index contributed by atoms with van der Waals surface area (Å²) in [5, 5.41) is 0.892. The number of hydrogen-bond acceptors (Lipinski definition) is 3. The van der Waals surface area contributed by atoms with Gasteiger partial charge in [0.1, 0.15) is 11.5 Å². The van der Waals surface area contributed by atoms with Crippen molar-refractivity contribution in [3.63, 3.8) is 0 Å². The zero-order valence-electron chi connectivity index (χ0n) is 11.6. The molecule has 2 aromatic rings. The van der Waals surface area contributed by atoms with Crippen LogP contribution in [0.3, 0.4) is 0 Å². The fourth-order valence-corrected chi connectivity index (χ4v) is 2.26. The zero-order chi connectivity index (χ0) is 15.6. The van der Waals surface area contributed by atoms with E-state index in [1.807, 2.05) is 0 Å². The molecule has 0 aliphatic rings. The first-order valence-electron chi connectivity index (χ1n) is 6.12. The van der Waals surface area contributed by atoms with E-state index in [4.69, 9.17) is 33.7 Å². The van der Waals surface area contributed by atoms with Crippen molar-refractivity contribution in [2.45, 2.75) is 0 Å². The van der Waals surface area contributed by atoms with Gasteiger partial charge in [0.15, 0.2) is 0 Å². The molecule has 0 aromatic heterocycles. The van der Waals surface area contributed by atoms with Gasteiger partial charge in [0.25, 0.3) is 5.91 Å². The summed E-state index contributed by atoms with van der Waals surface area (Å²) in [6.45, 7) is 0. The molecule has 21 heavy (non-hydrogen) atoms. The quantitative estimate of drug-likeness (QED) is 0.866. The van der Waals surface area contributed by atoms with E-state index in [0.29, 0.717) is 32.8 Å². The Morgan fingerprint density at radius 3 is 2.29 bits per heavy atom. The second kappa shape index (κ2) is 6.24. The number of carbonyl (C=O) groups excluding carboxylic acids is 1. The number of nitrogen functional groups attached to an aromatic ring is 1. The minimum Gasteiger partial charge on any atom is -0.456 e. The predicted molar refractivity (Wildman–Crippen MR) is 85.4 cm³/mol. The Morgan fingerprint density at radius 1 is 1.10 bits per heavy atom. The average molecular weight is 325 g/mol. The second-order valence-electron chi connectivity index (χ2n) is 4.66. The summed E-state index contributed by atoms with van der Waals surface area (Å²) >= 11 is 11.9. The molecular weight excluding hydrogens is 311 g/mol. The van der Waals surface area contributed by atoms with Gasteiger partial charge in [-0.1, -0.05) is 23.2 Å². The Bertz CT molecular complexity index is 667. The molecule has 0 atom stereocenters. The number of nitrogens with two attached hydrogens (primary N) is 1. The molecule has 0 saturated carbocycles. The van der Waals surface area contributed by atoms with E-state index in [1.165, 1.54) is 4.90 Å². The van der Waals surface area contributed by atoms with Crippen LogP contribution in [0, 0.1) is 0 Å². The van der Waals surface area contributed by atoms with E-state index in [0.717, 1.165) is 0 Å². The van der Waals surface area contributed by atoms with E-state index in [1.54, 1.807) is 50.5 Å². The van der Waals surface area contributed by atoms with Crippen LogP contribution in [0.25, 0.3) is 0 Å². The lowest BCUT2D eigenvalue weighted by Gasteiger charge is -2.15. The molecule has 0 aliphatic carbocycles. The van der Waals surface area contributed by atoms with Crippen molar-refractivity contribution >= 4 is 34.8 Å². The monoisotopic (exact) mass is 324 g/mol. The van der Waals surface area contributed by atoms with Crippen molar-refractivity contribution in [3.8, 4) is 11.5 Å². The van der Waals surface area contributed by atoms with Crippen LogP contribution >= 0.6 is 23.2 Å². The SMILES string of the molecule is CN(C)C(=O)c1ccc(N)cc1Oc1cc(Cl)cc(Cl)c1. The Labute approximate surface area is 133 Å². The van der Waals surface area contributed by atoms with Crippen molar-refractivity contribution < 1.29 is 9.53 Å². The van der Waals surface area contributed by atoms with Crippen LogP contribution in [0.4, 0.5) is 5.69 Å². The van der Waals surface area contributed by atoms with Crippen LogP contribution < -0.4 is 10.5 Å². The third-order valence-corrected chi connectivity index (χ3v) is 3.14. The summed E-state index contributed by atoms with van der Waals surface area (Å²) in [6, 6.07) is 9.68. The van der Waals surface area contributed by atoms with Gasteiger partial charge in [0, 0.05) is 35.9 Å². The topological polar surface area (TPSA) is 55.6 Å². The van der Waals surface area contributed by atoms with Gasteiger partial charge in [0.05, 0.1) is 5.56 Å². The van der Waals surface area contributed by atoms with Crippen molar-refractivity contribution in [3.05, 3.63) is 52.0 Å². The lowest BCUT2D eigenvalue weighted by Crippen LogP contribution is -2.22. The number of ether oxygens (including phenoxy) is 1. The molecule has 0 aliphatic heterocycles. The molecule has 2 N–H and O–H groups in total. The molecule has 4 nitrogen and oxygen atoms in total. The van der Waals surface area contributed by atoms with E-state index >= 15 is 0 Å². The van der Waals surface area contributed by atoms with Crippen molar-refractivity contribution in [1.29, 1.82) is 0 Å². The molecule has 2 aromatic carbocycles. The van der Waals surface area contributed by atoms with Gasteiger partial charge in [-0.25, -0.2) is 0 Å². The summed E-state index contributed by atoms with van der Waals surface area (Å²) in [5.41, 5.74) is 6.66. The minimum absolute atomic E-state index is 0.182. The normalized spacial score (nSPS) is 10.3. The number of carbonyl (C=O) groups is 1. The third kappa shape index (κ3) is 3.80. The number of rotatable bonds is 3. The van der Waals surface area contributed by atoms with Gasteiger partial charge < -0.3 is 15.4 Å². The molecular formula is C15H14Cl2N2O2. The van der Waals surface area contributed by atoms with E-state index in [-0.39, 0.29) is 5.91 Å². The lowest BCUT2D eigenvalue weighted by atomic mass is 10.1. The van der Waals surface area contributed by atoms with E-state index < -0.39 is 0 Å². The number of amides is 1. The molecule has 0 heterocycles. The Kier molecular flexibility index (Phi) is 4.60. The first kappa shape index (κ1) is 15.5. The highest BCUT2D eigenvalue weighted by Gasteiger charge is 2.15. The maximum Gasteiger partial charge on any atom is 0.257 e. The number of hydrogen-bond donors (Lipinski definition) is 1. The maximum atomic E-state index is 12.2. The fourth-order valence-electron chi connectivity index (χ4n) is 1.76. The molecule has 0 unspecified atom stereocenters. The summed E-state index contributed by atoms with van der Waals surface area (Å²) in [5.74, 6) is 0.607. The number of halogens is 2. The highest BCUT2D eigenvalue weighted by Crippen LogP contribution is 2.31. The molecule has 110 valence electrons. The van der Waals surface area contributed by atoms with E-state index in [2.05, 4.69) is 0 Å². The molecule has 0 bridgehead atoms. The number of anilines is 1. The van der Waals surface area contributed by atoms with Gasteiger partial charge in [-0.15, -0.1) is 0 Å². The standard InChI is InChI=1S/C15H14Cl2N2O2/c1-19(2)15(20)13-4-3-11(18)8-14(13)21-12-6-9(16)5-10(17)7-12/h3-8H,18H2,1-2H3. The number of benzene rings is 2. The van der Waals surface area contributed by atoms with Crippen molar-refractivity contribution in [2.24, 2.45) is 0 Å². The Balaban J connectivity index is 2.43. The first-order valence-corrected chi connectivity index (χ1v) is 6.87. The Morgan fingerprint density at radius 2 is 1.71 bits per heavy atom. The largest absolute Gasteiger partial charge is 0.456 e. The highest BCUT2D eigenvalue weighted by atomic mass is 35.5. The predicted octanol–water partition coefficient (Wildman–Crippen LogP) is 4.07. The molecule has 1 amide bonds. The van der Waals surface area contributed by atoms with Crippen molar-refractivity contribution in [2.75, 3.05) is 19.8 Å². The highest BCUT2D eigenvalue weighted by molar-refractivity contribution is 6.34. The smallest absolute Gasteiger partial charge is 0.257 e. The summed E-state index contributed by atoms with van der Waals surface area (Å²) < 4.78 is 5.73. The molecule has 2 rings (SSSR count). The average Bonchev–Trinajstić information content (AvgIpc) is 2.36. The van der Waals surface area contributed by atoms with E-state index in [9.17, 15) is 4.79 Å². The lowest BCUT2D eigenvalue weighted by molar-refractivity contribution is 0.0825. The zero-order valence-corrected chi connectivity index (χ0v) is 13.1. The molecule has 0 radical (unpaired) electrons. The van der Waals surface area contributed by atoms with Gasteiger partial charge in [-0.2, -0.15) is 0 Å². The maximum absolute atomic E-state index is 12.2. The summed E-state index contributed by atoms with van der Waals surface area (Å²) in [6.07, 6.45) is 0. The molecule has 0 fully saturated rings. The van der Waals surface area contributed by atoms with Crippen LogP contribution in [0.5, 0.6) is 11.5 Å². The number of nitrogens with zero attached hydrogens (tertiary/aromatic N) is 1. The molecule has 6 heteroatoms. The van der Waals surface area contributed by atoms with Crippen LogP contribution in [0.2, 0.25) is 10.0 Å². The Hall–Kier alpha value is -1.91. The van der Waals surface area contributed by atoms with Crippen molar-refractivity contribution in [1.82, 2.24) is 4.90 Å². The summed E-state index contributed by atoms with van der Waals surface area (Å²) in [7, 11) is 3.33. The van der Waals surface area contributed by atoms with Gasteiger partial charge in [-0.3, -0.25) is 4.79 Å². The minimum atomic E-state index is -0.182. The van der Waals surface area contributed by atoms with Crippen LogP contribution in [-0.2, 0) is 0 Å². The van der Waals surface area contributed by atoms with Crippen LogP contribution in [0.15, 0.2) is 36.4 Å². The van der Waals surface area contributed by atoms with Gasteiger partial charge in [0.2, 0.25) is 0 Å². The second-order valence-corrected chi connectivity index (χ2v) is 5.54. The molecule has 0 saturated heterocycles. The summed E-state index contributed by atoms with van der Waals surface area (Å²) in [4.78, 5) is 13.6. The van der Waals surface area contributed by atoms with Crippen LogP contribution in [0.1, 0.15) is 10.4 Å². The van der Waals surface area contributed by atoms with Crippen LogP contribution in [-0.4, -0.2) is 24.9 Å². The fraction of sp³-hybridized carbons (Fsp3) is 0.133. The van der Waals surface area contributed by atoms with Gasteiger partial charge >= 0.3 is 0 Å². The third-order valence-electron chi connectivity index (χ3n) is 2.71. The first-order chi connectivity index (χ1) is 9.86. The molecule has 0 spiro atoms.